The first-order valence-electron chi connectivity index (χ1n) is 3.75. The topological polar surface area (TPSA) is 85.1 Å². The van der Waals surface area contributed by atoms with E-state index >= 15 is 0 Å². The van der Waals surface area contributed by atoms with Gasteiger partial charge in [-0.2, -0.15) is 0 Å². The monoisotopic (exact) mass is 201 g/mol. The molecule has 1 aromatic rings. The molecule has 6 heteroatoms. The fourth-order valence-corrected chi connectivity index (χ4v) is 1.64. The SMILES string of the molecule is NCCS(=O)(=O)Nc1ccccn1. The normalized spacial score (nSPS) is 11.2. The molecular weight excluding hydrogens is 190 g/mol. The molecule has 5 nitrogen and oxygen atoms in total. The van der Waals surface area contributed by atoms with Crippen LogP contribution in [0.3, 0.4) is 0 Å². The van der Waals surface area contributed by atoms with Crippen molar-refractivity contribution < 1.29 is 8.42 Å². The fraction of sp³-hybridized carbons (Fsp3) is 0.286. The number of nitrogens with two attached hydrogens (primary N) is 1. The van der Waals surface area contributed by atoms with E-state index in [9.17, 15) is 8.42 Å². The van der Waals surface area contributed by atoms with E-state index in [1.807, 2.05) is 0 Å². The maximum atomic E-state index is 11.2. The van der Waals surface area contributed by atoms with Crippen LogP contribution in [0.1, 0.15) is 0 Å². The number of pyridine rings is 1. The highest BCUT2D eigenvalue weighted by molar-refractivity contribution is 7.92. The van der Waals surface area contributed by atoms with Gasteiger partial charge in [-0.05, 0) is 12.1 Å². The molecule has 0 amide bonds. The van der Waals surface area contributed by atoms with Gasteiger partial charge in [0.25, 0.3) is 0 Å². The van der Waals surface area contributed by atoms with Crippen molar-refractivity contribution in [3.63, 3.8) is 0 Å². The molecule has 0 radical (unpaired) electrons. The molecule has 0 aromatic carbocycles. The van der Waals surface area contributed by atoms with Crippen LogP contribution >= 0.6 is 0 Å². The van der Waals surface area contributed by atoms with Gasteiger partial charge in [0.15, 0.2) is 0 Å². The molecule has 3 N–H and O–H groups in total. The maximum Gasteiger partial charge on any atom is 0.235 e. The fourth-order valence-electron chi connectivity index (χ4n) is 0.789. The first-order chi connectivity index (χ1) is 6.14. The van der Waals surface area contributed by atoms with Gasteiger partial charge in [0.1, 0.15) is 5.82 Å². The lowest BCUT2D eigenvalue weighted by atomic mass is 10.5. The highest BCUT2D eigenvalue weighted by Crippen LogP contribution is 2.02. The van der Waals surface area contributed by atoms with Crippen LogP contribution in [0.15, 0.2) is 24.4 Å². The van der Waals surface area contributed by atoms with Crippen molar-refractivity contribution in [3.05, 3.63) is 24.4 Å². The van der Waals surface area contributed by atoms with Gasteiger partial charge in [-0.3, -0.25) is 4.72 Å². The molecule has 0 unspecified atom stereocenters. The van der Waals surface area contributed by atoms with Crippen LogP contribution in [0.25, 0.3) is 0 Å². The summed E-state index contributed by atoms with van der Waals surface area (Å²) in [5.74, 6) is 0.222. The zero-order valence-electron chi connectivity index (χ0n) is 6.97. The Kier molecular flexibility index (Phi) is 3.21. The lowest BCUT2D eigenvalue weighted by Crippen LogP contribution is -2.22. The molecule has 1 aromatic heterocycles. The van der Waals surface area contributed by atoms with Crippen LogP contribution in [0, 0.1) is 0 Å². The summed E-state index contributed by atoms with van der Waals surface area (Å²) in [5.41, 5.74) is 5.13. The summed E-state index contributed by atoms with van der Waals surface area (Å²) < 4.78 is 24.6. The number of rotatable bonds is 4. The molecule has 0 saturated carbocycles. The first-order valence-corrected chi connectivity index (χ1v) is 5.41. The van der Waals surface area contributed by atoms with Crippen LogP contribution in [-0.4, -0.2) is 25.7 Å². The Morgan fingerprint density at radius 3 is 2.77 bits per heavy atom. The number of hydrogen-bond donors (Lipinski definition) is 2. The minimum atomic E-state index is -3.32. The molecular formula is C7H11N3O2S. The van der Waals surface area contributed by atoms with E-state index in [0.29, 0.717) is 5.82 Å². The predicted octanol–water partition coefficient (Wildman–Crippen LogP) is -0.218. The Balaban J connectivity index is 2.70. The number of nitrogens with zero attached hydrogens (tertiary/aromatic N) is 1. The molecule has 1 heterocycles. The summed E-state index contributed by atoms with van der Waals surface area (Å²) in [6, 6.07) is 4.99. The van der Waals surface area contributed by atoms with Crippen molar-refractivity contribution in [3.8, 4) is 0 Å². The summed E-state index contributed by atoms with van der Waals surface area (Å²) in [6.45, 7) is 0.0994. The quantitative estimate of drug-likeness (QED) is 0.705. The molecule has 13 heavy (non-hydrogen) atoms. The smallest absolute Gasteiger partial charge is 0.235 e. The summed E-state index contributed by atoms with van der Waals surface area (Å²) in [7, 11) is -3.32. The Morgan fingerprint density at radius 2 is 2.23 bits per heavy atom. The molecule has 0 aliphatic carbocycles. The van der Waals surface area contributed by atoms with E-state index in [1.54, 1.807) is 18.2 Å². The zero-order valence-corrected chi connectivity index (χ0v) is 7.79. The van der Waals surface area contributed by atoms with E-state index in [2.05, 4.69) is 9.71 Å². The van der Waals surface area contributed by atoms with E-state index in [0.717, 1.165) is 0 Å². The Labute approximate surface area is 77.0 Å². The average Bonchev–Trinajstić information content (AvgIpc) is 2.04. The van der Waals surface area contributed by atoms with E-state index < -0.39 is 10.0 Å². The third-order valence-electron chi connectivity index (χ3n) is 1.31. The minimum absolute atomic E-state index is 0.0937. The Morgan fingerprint density at radius 1 is 1.46 bits per heavy atom. The molecule has 0 bridgehead atoms. The van der Waals surface area contributed by atoms with Crippen LogP contribution < -0.4 is 10.5 Å². The van der Waals surface area contributed by atoms with Gasteiger partial charge in [0.05, 0.1) is 5.75 Å². The zero-order chi connectivity index (χ0) is 9.73. The maximum absolute atomic E-state index is 11.2. The van der Waals surface area contributed by atoms with Gasteiger partial charge in [0, 0.05) is 12.7 Å². The second kappa shape index (κ2) is 4.20. The average molecular weight is 201 g/mol. The summed E-state index contributed by atoms with van der Waals surface area (Å²) in [4.78, 5) is 3.82. The lowest BCUT2D eigenvalue weighted by Gasteiger charge is -2.04. The standard InChI is InChI=1S/C7H11N3O2S/c8-4-6-13(11,12)10-7-3-1-2-5-9-7/h1-3,5H,4,6,8H2,(H,9,10). The van der Waals surface area contributed by atoms with Gasteiger partial charge in [-0.25, -0.2) is 13.4 Å². The molecule has 0 spiro atoms. The van der Waals surface area contributed by atoms with Crippen molar-refractivity contribution in [1.29, 1.82) is 0 Å². The second-order valence-corrected chi connectivity index (χ2v) is 4.27. The van der Waals surface area contributed by atoms with E-state index in [4.69, 9.17) is 5.73 Å². The largest absolute Gasteiger partial charge is 0.329 e. The number of nitrogens with one attached hydrogen (secondary N) is 1. The molecule has 0 saturated heterocycles. The summed E-state index contributed by atoms with van der Waals surface area (Å²) in [6.07, 6.45) is 1.51. The van der Waals surface area contributed by atoms with Crippen molar-refractivity contribution in [2.75, 3.05) is 17.0 Å². The Bertz CT molecular complexity index is 349. The van der Waals surface area contributed by atoms with Crippen LogP contribution in [0.5, 0.6) is 0 Å². The van der Waals surface area contributed by atoms with Crippen LogP contribution in [0.4, 0.5) is 5.82 Å². The van der Waals surface area contributed by atoms with Crippen LogP contribution in [0.2, 0.25) is 0 Å². The van der Waals surface area contributed by atoms with Crippen molar-refractivity contribution >= 4 is 15.8 Å². The highest BCUT2D eigenvalue weighted by atomic mass is 32.2. The molecule has 0 aliphatic heterocycles. The Hall–Kier alpha value is -1.14. The number of aromatic nitrogens is 1. The lowest BCUT2D eigenvalue weighted by molar-refractivity contribution is 0.601. The molecule has 0 aliphatic rings. The van der Waals surface area contributed by atoms with E-state index in [1.165, 1.54) is 6.20 Å². The minimum Gasteiger partial charge on any atom is -0.329 e. The molecule has 0 fully saturated rings. The second-order valence-electron chi connectivity index (χ2n) is 2.42. The predicted molar refractivity (Wildman–Crippen MR) is 50.7 cm³/mol. The van der Waals surface area contributed by atoms with Gasteiger partial charge >= 0.3 is 0 Å². The van der Waals surface area contributed by atoms with Gasteiger partial charge in [-0.15, -0.1) is 0 Å². The first kappa shape index (κ1) is 9.94. The van der Waals surface area contributed by atoms with Crippen LogP contribution in [-0.2, 0) is 10.0 Å². The van der Waals surface area contributed by atoms with Gasteiger partial charge in [-0.1, -0.05) is 6.07 Å². The third kappa shape index (κ3) is 3.39. The van der Waals surface area contributed by atoms with Gasteiger partial charge < -0.3 is 5.73 Å². The highest BCUT2D eigenvalue weighted by Gasteiger charge is 2.08. The number of hydrogen-bond acceptors (Lipinski definition) is 4. The molecule has 1 rings (SSSR count). The van der Waals surface area contributed by atoms with Crippen molar-refractivity contribution in [2.24, 2.45) is 5.73 Å². The molecule has 72 valence electrons. The van der Waals surface area contributed by atoms with Crippen molar-refractivity contribution in [2.45, 2.75) is 0 Å². The molecule has 0 atom stereocenters. The summed E-state index contributed by atoms with van der Waals surface area (Å²) >= 11 is 0. The number of sulfonamides is 1. The van der Waals surface area contributed by atoms with E-state index in [-0.39, 0.29) is 12.3 Å². The number of anilines is 1. The van der Waals surface area contributed by atoms with Gasteiger partial charge in [0.2, 0.25) is 10.0 Å². The summed E-state index contributed by atoms with van der Waals surface area (Å²) in [5, 5.41) is 0. The third-order valence-corrected chi connectivity index (χ3v) is 2.60. The van der Waals surface area contributed by atoms with Crippen molar-refractivity contribution in [1.82, 2.24) is 4.98 Å².